The van der Waals surface area contributed by atoms with Crippen molar-refractivity contribution in [3.63, 3.8) is 0 Å². The molecule has 0 aliphatic carbocycles. The molecular weight excluding hydrogens is 388 g/mol. The number of carbonyl (C=O) groups excluding carboxylic acids is 2. The molecule has 1 fully saturated rings. The third kappa shape index (κ3) is 4.75. The van der Waals surface area contributed by atoms with E-state index in [0.29, 0.717) is 23.9 Å². The summed E-state index contributed by atoms with van der Waals surface area (Å²) in [6.45, 7) is 3.00. The highest BCUT2D eigenvalue weighted by atomic mass is 32.1. The number of anilines is 2. The molecule has 0 atom stereocenters. The van der Waals surface area contributed by atoms with Crippen LogP contribution in [0.1, 0.15) is 16.2 Å². The molecule has 0 radical (unpaired) electrons. The van der Waals surface area contributed by atoms with Crippen molar-refractivity contribution in [1.82, 2.24) is 19.9 Å². The van der Waals surface area contributed by atoms with Crippen molar-refractivity contribution in [3.05, 3.63) is 65.7 Å². The van der Waals surface area contributed by atoms with E-state index in [1.54, 1.807) is 5.38 Å². The van der Waals surface area contributed by atoms with Crippen molar-refractivity contribution in [2.24, 2.45) is 0 Å². The molecule has 0 bridgehead atoms. The molecule has 1 N–H and O–H groups in total. The van der Waals surface area contributed by atoms with Gasteiger partial charge in [-0.15, -0.1) is 11.3 Å². The standard InChI is InChI=1S/C20H20N6O2S/c27-18(26-10-8-25(9-11-26)16-4-2-1-3-5-16)12-15-14-29-20(23-15)24-19(28)17-13-21-6-7-22-17/h1-7,13-14H,8-12H2,(H,23,24,28). The molecular formula is C20H20N6O2S. The number of thiazole rings is 1. The van der Waals surface area contributed by atoms with E-state index in [1.807, 2.05) is 23.1 Å². The summed E-state index contributed by atoms with van der Waals surface area (Å²) in [5, 5.41) is 4.93. The van der Waals surface area contributed by atoms with Gasteiger partial charge in [-0.2, -0.15) is 0 Å². The van der Waals surface area contributed by atoms with Crippen LogP contribution in [-0.2, 0) is 11.2 Å². The predicted molar refractivity (Wildman–Crippen MR) is 111 cm³/mol. The van der Waals surface area contributed by atoms with Crippen molar-refractivity contribution in [2.45, 2.75) is 6.42 Å². The van der Waals surface area contributed by atoms with E-state index >= 15 is 0 Å². The lowest BCUT2D eigenvalue weighted by molar-refractivity contribution is -0.130. The molecule has 8 nitrogen and oxygen atoms in total. The Hall–Kier alpha value is -3.33. The summed E-state index contributed by atoms with van der Waals surface area (Å²) in [7, 11) is 0. The first-order valence-corrected chi connectivity index (χ1v) is 10.2. The van der Waals surface area contributed by atoms with Crippen molar-refractivity contribution in [1.29, 1.82) is 0 Å². The number of amides is 2. The van der Waals surface area contributed by atoms with E-state index in [0.717, 1.165) is 13.1 Å². The zero-order valence-electron chi connectivity index (χ0n) is 15.7. The third-order valence-electron chi connectivity index (χ3n) is 4.65. The number of nitrogens with one attached hydrogen (secondary N) is 1. The van der Waals surface area contributed by atoms with Crippen LogP contribution in [0, 0.1) is 0 Å². The molecule has 1 aliphatic heterocycles. The van der Waals surface area contributed by atoms with E-state index < -0.39 is 0 Å². The summed E-state index contributed by atoms with van der Waals surface area (Å²) in [6.07, 6.45) is 4.58. The highest BCUT2D eigenvalue weighted by Gasteiger charge is 2.22. The van der Waals surface area contributed by atoms with Crippen molar-refractivity contribution in [3.8, 4) is 0 Å². The summed E-state index contributed by atoms with van der Waals surface area (Å²) >= 11 is 1.29. The van der Waals surface area contributed by atoms with Crippen molar-refractivity contribution < 1.29 is 9.59 Å². The lowest BCUT2D eigenvalue weighted by Gasteiger charge is -2.36. The van der Waals surface area contributed by atoms with Crippen LogP contribution in [0.25, 0.3) is 0 Å². The first-order valence-electron chi connectivity index (χ1n) is 9.28. The van der Waals surface area contributed by atoms with Crippen LogP contribution in [0.15, 0.2) is 54.3 Å². The van der Waals surface area contributed by atoms with Gasteiger partial charge >= 0.3 is 0 Å². The molecule has 3 aromatic rings. The number of nitrogens with zero attached hydrogens (tertiary/aromatic N) is 5. The van der Waals surface area contributed by atoms with E-state index in [2.05, 4.69) is 37.3 Å². The number of hydrogen-bond acceptors (Lipinski definition) is 7. The Bertz CT molecular complexity index is 971. The van der Waals surface area contributed by atoms with Gasteiger partial charge in [-0.25, -0.2) is 9.97 Å². The molecule has 3 heterocycles. The molecule has 1 saturated heterocycles. The first kappa shape index (κ1) is 19.0. The molecule has 1 aliphatic rings. The topological polar surface area (TPSA) is 91.3 Å². The van der Waals surface area contributed by atoms with Crippen molar-refractivity contribution in [2.75, 3.05) is 36.4 Å². The van der Waals surface area contributed by atoms with Gasteiger partial charge < -0.3 is 9.80 Å². The molecule has 0 saturated carbocycles. The lowest BCUT2D eigenvalue weighted by Crippen LogP contribution is -2.49. The third-order valence-corrected chi connectivity index (χ3v) is 5.46. The Balaban J connectivity index is 1.29. The number of benzene rings is 1. The molecule has 9 heteroatoms. The minimum atomic E-state index is -0.373. The van der Waals surface area contributed by atoms with Gasteiger partial charge in [0, 0.05) is 49.6 Å². The Morgan fingerprint density at radius 2 is 1.86 bits per heavy atom. The molecule has 4 rings (SSSR count). The normalized spacial score (nSPS) is 13.9. The van der Waals surface area contributed by atoms with Crippen LogP contribution in [0.4, 0.5) is 10.8 Å². The van der Waals surface area contributed by atoms with Gasteiger partial charge in [0.15, 0.2) is 5.13 Å². The summed E-state index contributed by atoms with van der Waals surface area (Å²) in [5.41, 5.74) is 2.05. The average molecular weight is 408 g/mol. The fraction of sp³-hybridized carbons (Fsp3) is 0.250. The SMILES string of the molecule is O=C(Nc1nc(CC(=O)N2CCN(c3ccccc3)CC2)cs1)c1cnccn1. The van der Waals surface area contributed by atoms with Crippen molar-refractivity contribution >= 4 is 34.0 Å². The van der Waals surface area contributed by atoms with E-state index in [4.69, 9.17) is 0 Å². The second kappa shape index (κ2) is 8.78. The highest BCUT2D eigenvalue weighted by molar-refractivity contribution is 7.14. The van der Waals surface area contributed by atoms with E-state index in [1.165, 1.54) is 35.6 Å². The number of rotatable bonds is 5. The maximum absolute atomic E-state index is 12.6. The Morgan fingerprint density at radius 1 is 1.07 bits per heavy atom. The maximum Gasteiger partial charge on any atom is 0.277 e. The fourth-order valence-corrected chi connectivity index (χ4v) is 3.85. The molecule has 1 aromatic carbocycles. The number of aromatic nitrogens is 3. The average Bonchev–Trinajstić information content (AvgIpc) is 3.21. The summed E-state index contributed by atoms with van der Waals surface area (Å²) in [6, 6.07) is 10.2. The lowest BCUT2D eigenvalue weighted by atomic mass is 10.2. The summed E-state index contributed by atoms with van der Waals surface area (Å²) in [4.78, 5) is 41.1. The molecule has 29 heavy (non-hydrogen) atoms. The minimum Gasteiger partial charge on any atom is -0.368 e. The van der Waals surface area contributed by atoms with E-state index in [-0.39, 0.29) is 23.9 Å². The van der Waals surface area contributed by atoms with Crippen LogP contribution in [-0.4, -0.2) is 57.8 Å². The largest absolute Gasteiger partial charge is 0.368 e. The minimum absolute atomic E-state index is 0.0508. The Morgan fingerprint density at radius 3 is 2.59 bits per heavy atom. The van der Waals surface area contributed by atoms with Crippen LogP contribution < -0.4 is 10.2 Å². The van der Waals surface area contributed by atoms with Gasteiger partial charge in [-0.3, -0.25) is 19.9 Å². The second-order valence-electron chi connectivity index (χ2n) is 6.57. The highest BCUT2D eigenvalue weighted by Crippen LogP contribution is 2.19. The number of para-hydroxylation sites is 1. The molecule has 0 unspecified atom stereocenters. The first-order chi connectivity index (χ1) is 14.2. The summed E-state index contributed by atoms with van der Waals surface area (Å²) in [5.74, 6) is -0.322. The van der Waals surface area contributed by atoms with E-state index in [9.17, 15) is 9.59 Å². The van der Waals surface area contributed by atoms with Gasteiger partial charge in [0.1, 0.15) is 5.69 Å². The van der Waals surface area contributed by atoms with Gasteiger partial charge in [-0.05, 0) is 12.1 Å². The maximum atomic E-state index is 12.6. The monoisotopic (exact) mass is 408 g/mol. The van der Waals surface area contributed by atoms with Crippen LogP contribution in [0.3, 0.4) is 0 Å². The Kier molecular flexibility index (Phi) is 5.76. The number of carbonyl (C=O) groups is 2. The molecule has 0 spiro atoms. The van der Waals surface area contributed by atoms with Gasteiger partial charge in [-0.1, -0.05) is 18.2 Å². The van der Waals surface area contributed by atoms with Crippen LogP contribution in [0.2, 0.25) is 0 Å². The van der Waals surface area contributed by atoms with Gasteiger partial charge in [0.25, 0.3) is 5.91 Å². The Labute approximate surface area is 172 Å². The summed E-state index contributed by atoms with van der Waals surface area (Å²) < 4.78 is 0. The number of hydrogen-bond donors (Lipinski definition) is 1. The second-order valence-corrected chi connectivity index (χ2v) is 7.43. The molecule has 2 aromatic heterocycles. The quantitative estimate of drug-likeness (QED) is 0.695. The van der Waals surface area contributed by atoms with Crippen LogP contribution in [0.5, 0.6) is 0 Å². The number of piperazine rings is 1. The smallest absolute Gasteiger partial charge is 0.277 e. The van der Waals surface area contributed by atoms with Gasteiger partial charge in [0.2, 0.25) is 5.91 Å². The molecule has 2 amide bonds. The van der Waals surface area contributed by atoms with Gasteiger partial charge in [0.05, 0.1) is 18.3 Å². The molecule has 148 valence electrons. The fourth-order valence-electron chi connectivity index (χ4n) is 3.14. The zero-order valence-corrected chi connectivity index (χ0v) is 16.5. The predicted octanol–water partition coefficient (Wildman–Crippen LogP) is 2.08. The van der Waals surface area contributed by atoms with Crippen LogP contribution >= 0.6 is 11.3 Å². The zero-order chi connectivity index (χ0) is 20.1.